The first kappa shape index (κ1) is 30.2. The predicted octanol–water partition coefficient (Wildman–Crippen LogP) is 5.48. The van der Waals surface area contributed by atoms with E-state index < -0.39 is 34.1 Å². The van der Waals surface area contributed by atoms with Gasteiger partial charge in [-0.3, -0.25) is 13.9 Å². The number of rotatable bonds is 9. The molecule has 0 aromatic heterocycles. The van der Waals surface area contributed by atoms with E-state index in [1.165, 1.54) is 17.0 Å². The van der Waals surface area contributed by atoms with Crippen molar-refractivity contribution in [1.82, 2.24) is 10.2 Å². The fourth-order valence-electron chi connectivity index (χ4n) is 4.16. The Bertz CT molecular complexity index is 1440. The van der Waals surface area contributed by atoms with E-state index in [1.807, 2.05) is 52.0 Å². The van der Waals surface area contributed by atoms with Crippen molar-refractivity contribution in [2.45, 2.75) is 64.6 Å². The van der Waals surface area contributed by atoms with Crippen LogP contribution in [0.3, 0.4) is 0 Å². The Kier molecular flexibility index (Phi) is 9.46. The quantitative estimate of drug-likeness (QED) is 0.369. The Morgan fingerprint density at radius 1 is 0.923 bits per heavy atom. The molecule has 0 radical (unpaired) electrons. The molecule has 0 saturated heterocycles. The fourth-order valence-corrected chi connectivity index (χ4v) is 5.89. The maximum Gasteiger partial charge on any atom is 0.264 e. The lowest BCUT2D eigenvalue weighted by Crippen LogP contribution is -2.54. The van der Waals surface area contributed by atoms with Crippen LogP contribution in [0.25, 0.3) is 0 Å². The molecule has 3 rings (SSSR count). The number of aryl methyl sites for hydroxylation is 2. The molecule has 2 amide bonds. The molecule has 0 spiro atoms. The van der Waals surface area contributed by atoms with Crippen molar-refractivity contribution >= 4 is 39.1 Å². The fraction of sp³-hybridized carbons (Fsp3) is 0.333. The molecule has 39 heavy (non-hydrogen) atoms. The molecule has 0 aliphatic rings. The first-order chi connectivity index (χ1) is 18.2. The van der Waals surface area contributed by atoms with Crippen molar-refractivity contribution in [2.75, 3.05) is 10.8 Å². The maximum atomic E-state index is 14.0. The molecule has 0 aliphatic carbocycles. The minimum atomic E-state index is -4.13. The van der Waals surface area contributed by atoms with E-state index >= 15 is 0 Å². The van der Waals surface area contributed by atoms with Gasteiger partial charge >= 0.3 is 0 Å². The third-order valence-corrected chi connectivity index (χ3v) is 8.31. The van der Waals surface area contributed by atoms with E-state index in [0.29, 0.717) is 16.3 Å². The summed E-state index contributed by atoms with van der Waals surface area (Å²) in [5, 5.41) is 3.38. The summed E-state index contributed by atoms with van der Waals surface area (Å²) in [6, 6.07) is 19.5. The van der Waals surface area contributed by atoms with Crippen LogP contribution < -0.4 is 9.62 Å². The Hall–Kier alpha value is -3.36. The van der Waals surface area contributed by atoms with Gasteiger partial charge in [-0.15, -0.1) is 0 Å². The van der Waals surface area contributed by atoms with Crippen LogP contribution in [0.2, 0.25) is 5.02 Å². The van der Waals surface area contributed by atoms with Gasteiger partial charge in [-0.2, -0.15) is 0 Å². The normalized spacial score (nSPS) is 12.5. The summed E-state index contributed by atoms with van der Waals surface area (Å²) in [6.07, 6.45) is 0. The molecule has 3 aromatic carbocycles. The third-order valence-electron chi connectivity index (χ3n) is 6.31. The summed E-state index contributed by atoms with van der Waals surface area (Å²) < 4.78 is 28.8. The van der Waals surface area contributed by atoms with E-state index in [2.05, 4.69) is 5.32 Å². The van der Waals surface area contributed by atoms with Crippen LogP contribution in [-0.2, 0) is 26.2 Å². The highest BCUT2D eigenvalue weighted by atomic mass is 35.5. The van der Waals surface area contributed by atoms with Crippen molar-refractivity contribution < 1.29 is 18.0 Å². The van der Waals surface area contributed by atoms with E-state index in [-0.39, 0.29) is 17.3 Å². The molecule has 1 atom stereocenters. The van der Waals surface area contributed by atoms with Gasteiger partial charge in [0.15, 0.2) is 0 Å². The minimum absolute atomic E-state index is 0.0520. The smallest absolute Gasteiger partial charge is 0.264 e. The van der Waals surface area contributed by atoms with Crippen LogP contribution in [0.1, 0.15) is 44.4 Å². The van der Waals surface area contributed by atoms with Gasteiger partial charge < -0.3 is 10.2 Å². The molecule has 0 heterocycles. The average Bonchev–Trinajstić information content (AvgIpc) is 2.86. The Morgan fingerprint density at radius 3 is 2.13 bits per heavy atom. The number of carbonyl (C=O) groups excluding carboxylic acids is 2. The molecule has 0 aliphatic heterocycles. The summed E-state index contributed by atoms with van der Waals surface area (Å²) in [4.78, 5) is 28.7. The van der Waals surface area contributed by atoms with Gasteiger partial charge in [0.1, 0.15) is 12.6 Å². The standard InChI is InChI=1S/C30H36ClN3O4S/c1-21-12-10-11-13-24(21)19-33(23(3)29(36)32-30(4,5)6)28(35)20-34(27-17-16-25(31)18-22(27)2)39(37,38)26-14-8-7-9-15-26/h7-18,23H,19-20H2,1-6H3,(H,32,36)/t23-/m0/s1. The molecule has 1 N–H and O–H groups in total. The summed E-state index contributed by atoms with van der Waals surface area (Å²) in [5.41, 5.74) is 2.24. The zero-order valence-electron chi connectivity index (χ0n) is 23.2. The number of amides is 2. The number of nitrogens with one attached hydrogen (secondary N) is 1. The van der Waals surface area contributed by atoms with Gasteiger partial charge in [-0.25, -0.2) is 8.42 Å². The molecule has 0 unspecified atom stereocenters. The van der Waals surface area contributed by atoms with Crippen LogP contribution in [0.5, 0.6) is 0 Å². The highest BCUT2D eigenvalue weighted by molar-refractivity contribution is 7.92. The van der Waals surface area contributed by atoms with Gasteiger partial charge in [0.05, 0.1) is 10.6 Å². The molecule has 9 heteroatoms. The number of anilines is 1. The summed E-state index contributed by atoms with van der Waals surface area (Å²) >= 11 is 6.16. The van der Waals surface area contributed by atoms with E-state index in [1.54, 1.807) is 50.2 Å². The Balaban J connectivity index is 2.07. The molecular weight excluding hydrogens is 534 g/mol. The largest absolute Gasteiger partial charge is 0.350 e. The highest BCUT2D eigenvalue weighted by Crippen LogP contribution is 2.29. The second-order valence-electron chi connectivity index (χ2n) is 10.6. The van der Waals surface area contributed by atoms with Crippen molar-refractivity contribution in [3.05, 3.63) is 94.5 Å². The third kappa shape index (κ3) is 7.61. The first-order valence-electron chi connectivity index (χ1n) is 12.7. The number of halogens is 1. The zero-order valence-corrected chi connectivity index (χ0v) is 24.8. The van der Waals surface area contributed by atoms with Crippen LogP contribution in [0.4, 0.5) is 5.69 Å². The monoisotopic (exact) mass is 569 g/mol. The van der Waals surface area contributed by atoms with Gasteiger partial charge in [-0.1, -0.05) is 54.1 Å². The van der Waals surface area contributed by atoms with Crippen LogP contribution in [-0.4, -0.2) is 43.3 Å². The molecular formula is C30H36ClN3O4S. The van der Waals surface area contributed by atoms with E-state index in [9.17, 15) is 18.0 Å². The summed E-state index contributed by atoms with van der Waals surface area (Å²) in [5.74, 6) is -0.840. The number of carbonyl (C=O) groups is 2. The number of nitrogens with zero attached hydrogens (tertiary/aromatic N) is 2. The predicted molar refractivity (Wildman–Crippen MR) is 156 cm³/mol. The van der Waals surface area contributed by atoms with Gasteiger partial charge in [0.25, 0.3) is 10.0 Å². The van der Waals surface area contributed by atoms with Gasteiger partial charge in [-0.05, 0) is 88.6 Å². The van der Waals surface area contributed by atoms with Crippen molar-refractivity contribution in [3.8, 4) is 0 Å². The topological polar surface area (TPSA) is 86.8 Å². The van der Waals surface area contributed by atoms with Gasteiger partial charge in [0, 0.05) is 17.1 Å². The van der Waals surface area contributed by atoms with E-state index in [4.69, 9.17) is 11.6 Å². The lowest BCUT2D eigenvalue weighted by atomic mass is 10.1. The SMILES string of the molecule is Cc1ccccc1CN(C(=O)CN(c1ccc(Cl)cc1C)S(=O)(=O)c1ccccc1)[C@@H](C)C(=O)NC(C)(C)C. The van der Waals surface area contributed by atoms with Crippen LogP contribution >= 0.6 is 11.6 Å². The lowest BCUT2D eigenvalue weighted by Gasteiger charge is -2.34. The number of hydrogen-bond donors (Lipinski definition) is 1. The Morgan fingerprint density at radius 2 is 1.54 bits per heavy atom. The molecule has 208 valence electrons. The Labute approximate surface area is 236 Å². The second-order valence-corrected chi connectivity index (χ2v) is 12.9. The number of benzene rings is 3. The van der Waals surface area contributed by atoms with Crippen molar-refractivity contribution in [3.63, 3.8) is 0 Å². The van der Waals surface area contributed by atoms with Crippen LogP contribution in [0.15, 0.2) is 77.7 Å². The minimum Gasteiger partial charge on any atom is -0.350 e. The molecule has 3 aromatic rings. The molecule has 0 fully saturated rings. The maximum absolute atomic E-state index is 14.0. The zero-order chi connectivity index (χ0) is 29.0. The first-order valence-corrected chi connectivity index (χ1v) is 14.5. The molecule has 7 nitrogen and oxygen atoms in total. The molecule has 0 bridgehead atoms. The molecule has 0 saturated carbocycles. The second kappa shape index (κ2) is 12.2. The summed E-state index contributed by atoms with van der Waals surface area (Å²) in [6.45, 7) is 10.6. The average molecular weight is 570 g/mol. The van der Waals surface area contributed by atoms with Gasteiger partial charge in [0.2, 0.25) is 11.8 Å². The number of hydrogen-bond acceptors (Lipinski definition) is 4. The number of sulfonamides is 1. The van der Waals surface area contributed by atoms with Crippen molar-refractivity contribution in [2.24, 2.45) is 0 Å². The van der Waals surface area contributed by atoms with Crippen molar-refractivity contribution in [1.29, 1.82) is 0 Å². The summed E-state index contributed by atoms with van der Waals surface area (Å²) in [7, 11) is -4.13. The lowest BCUT2D eigenvalue weighted by molar-refractivity contribution is -0.140. The van der Waals surface area contributed by atoms with E-state index in [0.717, 1.165) is 15.4 Å². The highest BCUT2D eigenvalue weighted by Gasteiger charge is 2.34. The van der Waals surface area contributed by atoms with Crippen LogP contribution in [0, 0.1) is 13.8 Å².